The molecule has 2 saturated heterocycles. The van der Waals surface area contributed by atoms with Crippen LogP contribution in [0.4, 0.5) is 14.9 Å². The van der Waals surface area contributed by atoms with E-state index >= 15 is 0 Å². The summed E-state index contributed by atoms with van der Waals surface area (Å²) < 4.78 is 40.7. The van der Waals surface area contributed by atoms with E-state index < -0.39 is 15.8 Å². The number of benzene rings is 2. The Morgan fingerprint density at radius 3 is 2.61 bits per heavy atom. The second-order valence-electron chi connectivity index (χ2n) is 7.16. The molecular weight excluding hydrogens is 445 g/mol. The van der Waals surface area contributed by atoms with Gasteiger partial charge in [-0.2, -0.15) is 0 Å². The SMILES string of the molecule is O=C(c1cccc(NS(=O)(=O)c2cccc(F)c2)c1)N1CCC(N2C(=O)CSC2=O)C1. The third kappa shape index (κ3) is 4.42. The van der Waals surface area contributed by atoms with Crippen LogP contribution < -0.4 is 4.72 Å². The molecule has 2 aromatic carbocycles. The minimum absolute atomic E-state index is 0.122. The van der Waals surface area contributed by atoms with Crippen LogP contribution in [0.1, 0.15) is 16.8 Å². The molecule has 0 saturated carbocycles. The summed E-state index contributed by atoms with van der Waals surface area (Å²) >= 11 is 0.958. The maximum absolute atomic E-state index is 13.4. The van der Waals surface area contributed by atoms with Crippen LogP contribution in [-0.4, -0.2) is 60.2 Å². The smallest absolute Gasteiger partial charge is 0.289 e. The highest BCUT2D eigenvalue weighted by molar-refractivity contribution is 8.14. The number of carbonyl (C=O) groups is 3. The van der Waals surface area contributed by atoms with Gasteiger partial charge in [-0.15, -0.1) is 0 Å². The normalized spacial score (nSPS) is 19.2. The number of imide groups is 1. The minimum Gasteiger partial charge on any atom is -0.336 e. The topological polar surface area (TPSA) is 104 Å². The summed E-state index contributed by atoms with van der Waals surface area (Å²) in [4.78, 5) is 39.3. The number of likely N-dealkylation sites (tertiary alicyclic amines) is 1. The summed E-state index contributed by atoms with van der Waals surface area (Å²) in [5.74, 6) is -1.13. The van der Waals surface area contributed by atoms with Crippen molar-refractivity contribution in [3.05, 3.63) is 59.9 Å². The van der Waals surface area contributed by atoms with Gasteiger partial charge in [0.05, 0.1) is 16.7 Å². The number of thioether (sulfide) groups is 1. The standard InChI is InChI=1S/C20H18FN3O5S2/c21-14-4-2-6-17(10-14)31(28,29)22-15-5-1-3-13(9-15)19(26)23-8-7-16(11-23)24-18(25)12-30-20(24)27/h1-6,9-10,16,22H,7-8,11-12H2. The summed E-state index contributed by atoms with van der Waals surface area (Å²) in [6.45, 7) is 0.612. The number of rotatable bonds is 5. The Bertz CT molecular complexity index is 1150. The van der Waals surface area contributed by atoms with Crippen molar-refractivity contribution < 1.29 is 27.2 Å². The van der Waals surface area contributed by atoms with Crippen LogP contribution in [0, 0.1) is 5.82 Å². The van der Waals surface area contributed by atoms with E-state index in [-0.39, 0.29) is 51.5 Å². The molecular formula is C20H18FN3O5S2. The largest absolute Gasteiger partial charge is 0.336 e. The van der Waals surface area contributed by atoms with E-state index in [0.29, 0.717) is 13.0 Å². The molecule has 3 amide bonds. The third-order valence-electron chi connectivity index (χ3n) is 5.07. The maximum atomic E-state index is 13.4. The van der Waals surface area contributed by atoms with Crippen LogP contribution in [0.2, 0.25) is 0 Å². The summed E-state index contributed by atoms with van der Waals surface area (Å²) in [5, 5.41) is -0.293. The number of amides is 3. The summed E-state index contributed by atoms with van der Waals surface area (Å²) in [6.07, 6.45) is 0.496. The molecule has 2 heterocycles. The van der Waals surface area contributed by atoms with Crippen molar-refractivity contribution in [1.82, 2.24) is 9.80 Å². The van der Waals surface area contributed by atoms with Crippen molar-refractivity contribution in [2.24, 2.45) is 0 Å². The highest BCUT2D eigenvalue weighted by atomic mass is 32.2. The first kappa shape index (κ1) is 21.3. The van der Waals surface area contributed by atoms with Gasteiger partial charge in [-0.05, 0) is 42.8 Å². The summed E-state index contributed by atoms with van der Waals surface area (Å²) in [7, 11) is -4.03. The van der Waals surface area contributed by atoms with E-state index in [1.807, 2.05) is 0 Å². The molecule has 0 bridgehead atoms. The van der Waals surface area contributed by atoms with E-state index in [4.69, 9.17) is 0 Å². The van der Waals surface area contributed by atoms with Gasteiger partial charge >= 0.3 is 0 Å². The first-order valence-electron chi connectivity index (χ1n) is 9.41. The average Bonchev–Trinajstić information content (AvgIpc) is 3.33. The molecule has 2 aliphatic rings. The van der Waals surface area contributed by atoms with Crippen molar-refractivity contribution in [2.45, 2.75) is 17.4 Å². The van der Waals surface area contributed by atoms with Crippen LogP contribution in [0.25, 0.3) is 0 Å². The van der Waals surface area contributed by atoms with Crippen molar-refractivity contribution in [3.8, 4) is 0 Å². The highest BCUT2D eigenvalue weighted by Gasteiger charge is 2.40. The number of anilines is 1. The first-order chi connectivity index (χ1) is 14.7. The van der Waals surface area contributed by atoms with Crippen LogP contribution in [0.3, 0.4) is 0 Å². The predicted octanol–water partition coefficient (Wildman–Crippen LogP) is 2.54. The molecule has 4 rings (SSSR count). The van der Waals surface area contributed by atoms with Gasteiger partial charge in [0.1, 0.15) is 5.82 Å². The Labute approximate surface area is 182 Å². The number of carbonyl (C=O) groups excluding carboxylic acids is 3. The quantitative estimate of drug-likeness (QED) is 0.731. The summed E-state index contributed by atoms with van der Waals surface area (Å²) in [5.41, 5.74) is 0.417. The van der Waals surface area contributed by atoms with Crippen LogP contribution >= 0.6 is 11.8 Å². The second kappa shape index (κ2) is 8.31. The Balaban J connectivity index is 1.48. The zero-order valence-corrected chi connectivity index (χ0v) is 17.8. The summed E-state index contributed by atoms with van der Waals surface area (Å²) in [6, 6.07) is 10.2. The Kier molecular flexibility index (Phi) is 5.71. The zero-order chi connectivity index (χ0) is 22.2. The zero-order valence-electron chi connectivity index (χ0n) is 16.2. The molecule has 31 heavy (non-hydrogen) atoms. The molecule has 8 nitrogen and oxygen atoms in total. The van der Waals surface area contributed by atoms with E-state index in [1.165, 1.54) is 40.1 Å². The molecule has 11 heteroatoms. The number of nitrogens with zero attached hydrogens (tertiary/aromatic N) is 2. The van der Waals surface area contributed by atoms with Crippen molar-refractivity contribution >= 4 is 44.5 Å². The van der Waals surface area contributed by atoms with Gasteiger partial charge in [-0.3, -0.25) is 24.0 Å². The van der Waals surface area contributed by atoms with Crippen molar-refractivity contribution in [1.29, 1.82) is 0 Å². The predicted molar refractivity (Wildman–Crippen MR) is 113 cm³/mol. The molecule has 2 aromatic rings. The number of hydrogen-bond donors (Lipinski definition) is 1. The van der Waals surface area contributed by atoms with Gasteiger partial charge in [0.15, 0.2) is 0 Å². The molecule has 2 fully saturated rings. The van der Waals surface area contributed by atoms with Crippen molar-refractivity contribution in [3.63, 3.8) is 0 Å². The van der Waals surface area contributed by atoms with Crippen LogP contribution in [0.5, 0.6) is 0 Å². The molecule has 1 atom stereocenters. The lowest BCUT2D eigenvalue weighted by molar-refractivity contribution is -0.126. The maximum Gasteiger partial charge on any atom is 0.289 e. The van der Waals surface area contributed by atoms with Crippen LogP contribution in [-0.2, 0) is 14.8 Å². The fourth-order valence-corrected chi connectivity index (χ4v) is 5.46. The average molecular weight is 464 g/mol. The fourth-order valence-electron chi connectivity index (χ4n) is 3.60. The van der Waals surface area contributed by atoms with Gasteiger partial charge in [-0.1, -0.05) is 23.9 Å². The van der Waals surface area contributed by atoms with E-state index in [9.17, 15) is 27.2 Å². The van der Waals surface area contributed by atoms with Gasteiger partial charge in [0, 0.05) is 24.3 Å². The molecule has 1 unspecified atom stereocenters. The lowest BCUT2D eigenvalue weighted by atomic mass is 10.2. The Hall–Kier alpha value is -2.92. The lowest BCUT2D eigenvalue weighted by Crippen LogP contribution is -2.41. The van der Waals surface area contributed by atoms with Crippen LogP contribution in [0.15, 0.2) is 53.4 Å². The lowest BCUT2D eigenvalue weighted by Gasteiger charge is -2.22. The van der Waals surface area contributed by atoms with Gasteiger partial charge in [-0.25, -0.2) is 12.8 Å². The van der Waals surface area contributed by atoms with E-state index in [2.05, 4.69) is 4.72 Å². The Morgan fingerprint density at radius 2 is 1.90 bits per heavy atom. The first-order valence-corrected chi connectivity index (χ1v) is 11.9. The molecule has 0 spiro atoms. The highest BCUT2D eigenvalue weighted by Crippen LogP contribution is 2.27. The molecule has 0 aromatic heterocycles. The van der Waals surface area contributed by atoms with Gasteiger partial charge in [0.2, 0.25) is 5.91 Å². The van der Waals surface area contributed by atoms with E-state index in [0.717, 1.165) is 23.9 Å². The molecule has 2 aliphatic heterocycles. The molecule has 0 aliphatic carbocycles. The molecule has 0 radical (unpaired) electrons. The number of hydrogen-bond acceptors (Lipinski definition) is 6. The molecule has 1 N–H and O–H groups in total. The minimum atomic E-state index is -4.03. The van der Waals surface area contributed by atoms with E-state index in [1.54, 1.807) is 6.07 Å². The second-order valence-corrected chi connectivity index (χ2v) is 9.76. The van der Waals surface area contributed by atoms with Gasteiger partial charge in [0.25, 0.3) is 21.2 Å². The number of sulfonamides is 1. The fraction of sp³-hybridized carbons (Fsp3) is 0.250. The third-order valence-corrected chi connectivity index (χ3v) is 7.28. The monoisotopic (exact) mass is 463 g/mol. The van der Waals surface area contributed by atoms with Crippen molar-refractivity contribution in [2.75, 3.05) is 23.6 Å². The number of halogens is 1. The molecule has 162 valence electrons. The van der Waals surface area contributed by atoms with Gasteiger partial charge < -0.3 is 4.90 Å². The Morgan fingerprint density at radius 1 is 1.13 bits per heavy atom. The number of nitrogens with one attached hydrogen (secondary N) is 1.